The van der Waals surface area contributed by atoms with Crippen LogP contribution in [-0.4, -0.2) is 24.5 Å². The van der Waals surface area contributed by atoms with Crippen LogP contribution in [0.1, 0.15) is 25.3 Å². The minimum absolute atomic E-state index is 0. The largest absolute Gasteiger partial charge is 0.489 e. The second-order valence-electron chi connectivity index (χ2n) is 7.34. The number of hydrogen-bond acceptors (Lipinski definition) is 3. The van der Waals surface area contributed by atoms with Crippen LogP contribution in [0.2, 0.25) is 0 Å². The molecule has 0 saturated carbocycles. The SMILES string of the molecule is CC(Oc1ccc(N=C(Nc2ccccc2)c2ccccc2)cc1)C1CCCN1.Cl.Cl. The number of ether oxygens (including phenoxy) is 1. The highest BCUT2D eigenvalue weighted by atomic mass is 35.5. The van der Waals surface area contributed by atoms with Gasteiger partial charge in [-0.3, -0.25) is 0 Å². The van der Waals surface area contributed by atoms with E-state index in [2.05, 4.69) is 29.7 Å². The summed E-state index contributed by atoms with van der Waals surface area (Å²) in [4.78, 5) is 4.86. The van der Waals surface area contributed by atoms with Crippen molar-refractivity contribution in [3.63, 3.8) is 0 Å². The van der Waals surface area contributed by atoms with Gasteiger partial charge in [0.25, 0.3) is 0 Å². The minimum Gasteiger partial charge on any atom is -0.489 e. The molecule has 0 aliphatic carbocycles. The molecule has 1 saturated heterocycles. The number of hydrogen-bond donors (Lipinski definition) is 2. The maximum Gasteiger partial charge on any atom is 0.138 e. The van der Waals surface area contributed by atoms with Crippen molar-refractivity contribution in [3.8, 4) is 5.75 Å². The Bertz CT molecular complexity index is 928. The lowest BCUT2D eigenvalue weighted by molar-refractivity contribution is 0.180. The number of nitrogens with one attached hydrogen (secondary N) is 2. The molecule has 1 fully saturated rings. The Balaban J connectivity index is 0.00000171. The van der Waals surface area contributed by atoms with E-state index in [0.717, 1.165) is 35.1 Å². The molecule has 4 nitrogen and oxygen atoms in total. The van der Waals surface area contributed by atoms with Crippen molar-refractivity contribution in [2.75, 3.05) is 11.9 Å². The summed E-state index contributed by atoms with van der Waals surface area (Å²) in [5.74, 6) is 1.69. The zero-order valence-electron chi connectivity index (χ0n) is 17.5. The van der Waals surface area contributed by atoms with Gasteiger partial charge in [-0.05, 0) is 62.7 Å². The molecule has 164 valence electrons. The van der Waals surface area contributed by atoms with Crippen LogP contribution in [0.15, 0.2) is 89.9 Å². The van der Waals surface area contributed by atoms with Crippen molar-refractivity contribution in [2.45, 2.75) is 31.9 Å². The molecule has 3 aromatic carbocycles. The predicted molar refractivity (Wildman–Crippen MR) is 135 cm³/mol. The Morgan fingerprint density at radius 2 is 1.58 bits per heavy atom. The summed E-state index contributed by atoms with van der Waals surface area (Å²) in [6.45, 7) is 3.22. The van der Waals surface area contributed by atoms with Gasteiger partial charge >= 0.3 is 0 Å². The maximum atomic E-state index is 6.11. The quantitative estimate of drug-likeness (QED) is 0.340. The molecule has 2 unspecified atom stereocenters. The third-order valence-corrected chi connectivity index (χ3v) is 5.15. The van der Waals surface area contributed by atoms with E-state index in [1.165, 1.54) is 12.8 Å². The van der Waals surface area contributed by atoms with Crippen LogP contribution in [0.5, 0.6) is 5.75 Å². The van der Waals surface area contributed by atoms with Crippen LogP contribution in [0.3, 0.4) is 0 Å². The van der Waals surface area contributed by atoms with Gasteiger partial charge in [0.05, 0.1) is 5.69 Å². The predicted octanol–water partition coefficient (Wildman–Crippen LogP) is 6.24. The molecule has 4 rings (SSSR count). The van der Waals surface area contributed by atoms with Crippen LogP contribution in [-0.2, 0) is 0 Å². The summed E-state index contributed by atoms with van der Waals surface area (Å²) < 4.78 is 6.11. The van der Waals surface area contributed by atoms with Crippen molar-refractivity contribution in [1.82, 2.24) is 5.32 Å². The topological polar surface area (TPSA) is 45.6 Å². The number of amidine groups is 1. The van der Waals surface area contributed by atoms with E-state index in [-0.39, 0.29) is 30.9 Å². The molecule has 0 aromatic heterocycles. The van der Waals surface area contributed by atoms with Gasteiger partial charge in [-0.25, -0.2) is 4.99 Å². The van der Waals surface area contributed by atoms with Gasteiger partial charge in [0, 0.05) is 17.3 Å². The summed E-state index contributed by atoms with van der Waals surface area (Å²) in [6.07, 6.45) is 2.56. The zero-order valence-corrected chi connectivity index (χ0v) is 19.2. The average Bonchev–Trinajstić information content (AvgIpc) is 3.31. The number of benzene rings is 3. The molecule has 0 amide bonds. The van der Waals surface area contributed by atoms with E-state index < -0.39 is 0 Å². The molecule has 0 bridgehead atoms. The van der Waals surface area contributed by atoms with E-state index in [1.807, 2.05) is 72.8 Å². The van der Waals surface area contributed by atoms with Gasteiger partial charge in [0.15, 0.2) is 0 Å². The number of anilines is 1. The normalized spacial score (nSPS) is 16.5. The lowest BCUT2D eigenvalue weighted by atomic mass is 10.1. The van der Waals surface area contributed by atoms with Crippen LogP contribution in [0.4, 0.5) is 11.4 Å². The number of aliphatic imine (C=N–C) groups is 1. The third kappa shape index (κ3) is 7.00. The number of halogens is 2. The molecule has 3 aromatic rings. The summed E-state index contributed by atoms with van der Waals surface area (Å²) >= 11 is 0. The number of para-hydroxylation sites is 1. The van der Waals surface area contributed by atoms with E-state index in [1.54, 1.807) is 0 Å². The van der Waals surface area contributed by atoms with Gasteiger partial charge < -0.3 is 15.4 Å². The van der Waals surface area contributed by atoms with Crippen LogP contribution < -0.4 is 15.4 Å². The third-order valence-electron chi connectivity index (χ3n) is 5.15. The fourth-order valence-electron chi connectivity index (χ4n) is 3.56. The molecule has 1 heterocycles. The average molecular weight is 458 g/mol. The fraction of sp³-hybridized carbons (Fsp3) is 0.240. The summed E-state index contributed by atoms with van der Waals surface area (Å²) in [7, 11) is 0. The van der Waals surface area contributed by atoms with Crippen molar-refractivity contribution in [1.29, 1.82) is 0 Å². The molecule has 2 atom stereocenters. The van der Waals surface area contributed by atoms with Gasteiger partial charge in [-0.1, -0.05) is 48.5 Å². The van der Waals surface area contributed by atoms with E-state index in [4.69, 9.17) is 9.73 Å². The second kappa shape index (κ2) is 12.4. The van der Waals surface area contributed by atoms with Crippen molar-refractivity contribution in [2.24, 2.45) is 4.99 Å². The van der Waals surface area contributed by atoms with Gasteiger partial charge in [0.1, 0.15) is 17.7 Å². The van der Waals surface area contributed by atoms with Crippen LogP contribution in [0, 0.1) is 0 Å². The Hall–Kier alpha value is -2.53. The van der Waals surface area contributed by atoms with Crippen LogP contribution in [0.25, 0.3) is 0 Å². The lowest BCUT2D eigenvalue weighted by Crippen LogP contribution is -2.36. The molecule has 2 N–H and O–H groups in total. The fourth-order valence-corrected chi connectivity index (χ4v) is 3.56. The van der Waals surface area contributed by atoms with Crippen LogP contribution >= 0.6 is 24.8 Å². The first kappa shape index (κ1) is 24.7. The summed E-state index contributed by atoms with van der Waals surface area (Å²) in [5, 5.41) is 6.94. The minimum atomic E-state index is 0. The first-order valence-electron chi connectivity index (χ1n) is 10.2. The van der Waals surface area contributed by atoms with E-state index in [0.29, 0.717) is 6.04 Å². The van der Waals surface area contributed by atoms with E-state index >= 15 is 0 Å². The Kier molecular flexibility index (Phi) is 9.86. The summed E-state index contributed by atoms with van der Waals surface area (Å²) in [6, 6.07) is 28.7. The highest BCUT2D eigenvalue weighted by Crippen LogP contribution is 2.22. The smallest absolute Gasteiger partial charge is 0.138 e. The van der Waals surface area contributed by atoms with E-state index in [9.17, 15) is 0 Å². The standard InChI is InChI=1S/C25H27N3O.2ClH/c1-19(24-13-8-18-26-24)29-23-16-14-22(15-17-23)28-25(20-9-4-2-5-10-20)27-21-11-6-3-7-12-21;;/h2-7,9-12,14-17,19,24,26H,8,13,18H2,1H3,(H,27,28);2*1H. The molecule has 0 radical (unpaired) electrons. The molecular weight excluding hydrogens is 429 g/mol. The first-order chi connectivity index (χ1) is 14.3. The van der Waals surface area contributed by atoms with Gasteiger partial charge in [-0.15, -0.1) is 24.8 Å². The maximum absolute atomic E-state index is 6.11. The molecule has 6 heteroatoms. The highest BCUT2D eigenvalue weighted by Gasteiger charge is 2.22. The van der Waals surface area contributed by atoms with Crippen molar-refractivity contribution in [3.05, 3.63) is 90.5 Å². The van der Waals surface area contributed by atoms with Gasteiger partial charge in [-0.2, -0.15) is 0 Å². The molecular formula is C25H29Cl2N3O. The molecule has 1 aliphatic heterocycles. The van der Waals surface area contributed by atoms with Crippen molar-refractivity contribution >= 4 is 42.0 Å². The zero-order chi connectivity index (χ0) is 19.9. The number of nitrogens with zero attached hydrogens (tertiary/aromatic N) is 1. The number of rotatable bonds is 6. The van der Waals surface area contributed by atoms with Gasteiger partial charge in [0.2, 0.25) is 0 Å². The lowest BCUT2D eigenvalue weighted by Gasteiger charge is -2.21. The Morgan fingerprint density at radius 1 is 0.935 bits per heavy atom. The summed E-state index contributed by atoms with van der Waals surface area (Å²) in [5.41, 5.74) is 2.93. The molecule has 1 aliphatic rings. The second-order valence-corrected chi connectivity index (χ2v) is 7.34. The van der Waals surface area contributed by atoms with Crippen molar-refractivity contribution < 1.29 is 4.74 Å². The molecule has 0 spiro atoms. The monoisotopic (exact) mass is 457 g/mol. The first-order valence-corrected chi connectivity index (χ1v) is 10.2. The Labute approximate surface area is 197 Å². The molecule has 31 heavy (non-hydrogen) atoms. The Morgan fingerprint density at radius 3 is 2.19 bits per heavy atom. The highest BCUT2D eigenvalue weighted by molar-refractivity contribution is 6.09.